The van der Waals surface area contributed by atoms with Gasteiger partial charge in [-0.1, -0.05) is 70.4 Å². The van der Waals surface area contributed by atoms with Crippen LogP contribution in [0.3, 0.4) is 0 Å². The fourth-order valence-electron chi connectivity index (χ4n) is 3.28. The summed E-state index contributed by atoms with van der Waals surface area (Å²) >= 11 is 6.91. The molecular formula is C26H17Br2N3O2. The highest BCUT2D eigenvalue weighted by atomic mass is 79.9. The molecule has 1 aromatic heterocycles. The van der Waals surface area contributed by atoms with Crippen molar-refractivity contribution in [3.8, 4) is 29.4 Å². The van der Waals surface area contributed by atoms with E-state index in [-0.39, 0.29) is 12.5 Å². The summed E-state index contributed by atoms with van der Waals surface area (Å²) in [6.45, 7) is 0.110. The van der Waals surface area contributed by atoms with Crippen LogP contribution in [-0.2, 0) is 0 Å². The van der Waals surface area contributed by atoms with E-state index in [1.807, 2.05) is 66.7 Å². The number of nitrogens with one attached hydrogen (secondary N) is 1. The topological polar surface area (TPSA) is 63.6 Å². The minimum Gasteiger partial charge on any atom is -0.479 e. The van der Waals surface area contributed by atoms with Crippen LogP contribution in [-0.4, -0.2) is 23.7 Å². The zero-order valence-electron chi connectivity index (χ0n) is 17.3. The van der Waals surface area contributed by atoms with Crippen LogP contribution >= 0.6 is 31.9 Å². The highest BCUT2D eigenvalue weighted by Gasteiger charge is 2.14. The summed E-state index contributed by atoms with van der Waals surface area (Å²) in [5.41, 5.74) is 6.12. The lowest BCUT2D eigenvalue weighted by Gasteiger charge is -2.10. The van der Waals surface area contributed by atoms with Crippen LogP contribution < -0.4 is 10.2 Å². The lowest BCUT2D eigenvalue weighted by Crippen LogP contribution is -2.18. The lowest BCUT2D eigenvalue weighted by atomic mass is 10.0. The van der Waals surface area contributed by atoms with Gasteiger partial charge in [-0.3, -0.25) is 4.79 Å². The van der Waals surface area contributed by atoms with Gasteiger partial charge in [0, 0.05) is 21.0 Å². The van der Waals surface area contributed by atoms with Crippen molar-refractivity contribution in [1.82, 2.24) is 10.4 Å². The molecule has 4 aromatic rings. The molecular weight excluding hydrogens is 546 g/mol. The number of benzene rings is 3. The smallest absolute Gasteiger partial charge is 0.272 e. The molecule has 0 spiro atoms. The van der Waals surface area contributed by atoms with Crippen LogP contribution in [0.25, 0.3) is 22.2 Å². The SMILES string of the molecule is C#CCOc1c(Br)cc(Br)cc1/C=N\NC(=O)c1cc(-c2ccccc2)nc2ccccc12. The molecule has 0 atom stereocenters. The van der Waals surface area contributed by atoms with Crippen molar-refractivity contribution in [1.29, 1.82) is 0 Å². The minimum absolute atomic E-state index is 0.110. The Labute approximate surface area is 208 Å². The van der Waals surface area contributed by atoms with E-state index in [0.29, 0.717) is 27.0 Å². The molecule has 4 rings (SSSR count). The Morgan fingerprint density at radius 1 is 1.09 bits per heavy atom. The molecule has 0 radical (unpaired) electrons. The molecule has 5 nitrogen and oxygen atoms in total. The van der Waals surface area contributed by atoms with Gasteiger partial charge in [-0.15, -0.1) is 6.42 Å². The molecule has 0 bridgehead atoms. The zero-order valence-corrected chi connectivity index (χ0v) is 20.4. The first-order chi connectivity index (χ1) is 16.1. The van der Waals surface area contributed by atoms with Crippen LogP contribution in [0.4, 0.5) is 0 Å². The van der Waals surface area contributed by atoms with Gasteiger partial charge in [-0.05, 0) is 40.2 Å². The molecule has 0 saturated carbocycles. The second kappa shape index (κ2) is 10.4. The van der Waals surface area contributed by atoms with Crippen molar-refractivity contribution in [2.24, 2.45) is 5.10 Å². The van der Waals surface area contributed by atoms with E-state index >= 15 is 0 Å². The molecule has 0 fully saturated rings. The standard InChI is InChI=1S/C26H17Br2N3O2/c1-2-12-33-25-18(13-19(27)14-22(25)28)16-29-31-26(32)21-15-24(17-8-4-3-5-9-17)30-23-11-7-6-10-20(21)23/h1,3-11,13-16H,12H2,(H,31,32)/b29-16-. The Morgan fingerprint density at radius 2 is 1.85 bits per heavy atom. The number of aromatic nitrogens is 1. The van der Waals surface area contributed by atoms with Gasteiger partial charge < -0.3 is 4.74 Å². The Morgan fingerprint density at radius 3 is 2.64 bits per heavy atom. The number of para-hydroxylation sites is 1. The first-order valence-corrected chi connectivity index (χ1v) is 11.5. The number of hydrogen-bond acceptors (Lipinski definition) is 4. The molecule has 1 heterocycles. The lowest BCUT2D eigenvalue weighted by molar-refractivity contribution is 0.0956. The second-order valence-electron chi connectivity index (χ2n) is 6.94. The summed E-state index contributed by atoms with van der Waals surface area (Å²) in [7, 11) is 0. The summed E-state index contributed by atoms with van der Waals surface area (Å²) in [5.74, 6) is 2.63. The van der Waals surface area contributed by atoms with Crippen LogP contribution in [0.2, 0.25) is 0 Å². The van der Waals surface area contributed by atoms with Crippen molar-refractivity contribution in [2.75, 3.05) is 6.61 Å². The summed E-state index contributed by atoms with van der Waals surface area (Å²) in [5, 5.41) is 4.90. The molecule has 0 aliphatic heterocycles. The number of amides is 1. The molecule has 1 amide bonds. The molecule has 0 saturated heterocycles. The normalized spacial score (nSPS) is 10.8. The molecule has 33 heavy (non-hydrogen) atoms. The van der Waals surface area contributed by atoms with Crippen molar-refractivity contribution >= 4 is 54.9 Å². The molecule has 0 unspecified atom stereocenters. The molecule has 7 heteroatoms. The number of carbonyl (C=O) groups excluding carboxylic acids is 1. The number of ether oxygens (including phenoxy) is 1. The summed E-state index contributed by atoms with van der Waals surface area (Å²) in [4.78, 5) is 17.8. The second-order valence-corrected chi connectivity index (χ2v) is 8.71. The van der Waals surface area contributed by atoms with Gasteiger partial charge in [-0.2, -0.15) is 5.10 Å². The zero-order chi connectivity index (χ0) is 23.2. The van der Waals surface area contributed by atoms with E-state index in [4.69, 9.17) is 16.1 Å². The van der Waals surface area contributed by atoms with E-state index in [2.05, 4.69) is 48.3 Å². The monoisotopic (exact) mass is 561 g/mol. The number of terminal acetylenes is 1. The highest BCUT2D eigenvalue weighted by molar-refractivity contribution is 9.11. The van der Waals surface area contributed by atoms with Crippen LogP contribution in [0, 0.1) is 12.3 Å². The maximum Gasteiger partial charge on any atom is 0.272 e. The predicted octanol–water partition coefficient (Wildman–Crippen LogP) is 6.20. The van der Waals surface area contributed by atoms with E-state index in [1.165, 1.54) is 6.21 Å². The average molecular weight is 563 g/mol. The quantitative estimate of drug-likeness (QED) is 0.173. The largest absolute Gasteiger partial charge is 0.479 e. The molecule has 0 aliphatic carbocycles. The Bertz CT molecular complexity index is 1400. The number of carbonyl (C=O) groups is 1. The highest BCUT2D eigenvalue weighted by Crippen LogP contribution is 2.32. The Kier molecular flexibility index (Phi) is 7.18. The van der Waals surface area contributed by atoms with Gasteiger partial charge in [0.25, 0.3) is 5.91 Å². The van der Waals surface area contributed by atoms with Crippen LogP contribution in [0.1, 0.15) is 15.9 Å². The first kappa shape index (κ1) is 22.7. The number of fused-ring (bicyclic) bond motifs is 1. The van der Waals surface area contributed by atoms with Gasteiger partial charge in [-0.25, -0.2) is 10.4 Å². The number of hydrogen-bond donors (Lipinski definition) is 1. The van der Waals surface area contributed by atoms with Gasteiger partial charge >= 0.3 is 0 Å². The summed E-state index contributed by atoms with van der Waals surface area (Å²) < 4.78 is 7.16. The van der Waals surface area contributed by atoms with Crippen molar-refractivity contribution in [2.45, 2.75) is 0 Å². The fourth-order valence-corrected chi connectivity index (χ4v) is 4.66. The van der Waals surface area contributed by atoms with Crippen molar-refractivity contribution in [3.05, 3.63) is 92.9 Å². The summed E-state index contributed by atoms with van der Waals surface area (Å²) in [6, 6.07) is 22.7. The third kappa shape index (κ3) is 5.30. The third-order valence-electron chi connectivity index (χ3n) is 4.74. The number of nitrogens with zero attached hydrogens (tertiary/aromatic N) is 2. The third-order valence-corrected chi connectivity index (χ3v) is 5.78. The molecule has 1 N–H and O–H groups in total. The number of rotatable bonds is 6. The number of pyridine rings is 1. The maximum absolute atomic E-state index is 13.1. The van der Waals surface area contributed by atoms with Gasteiger partial charge in [0.05, 0.1) is 27.5 Å². The Balaban J connectivity index is 1.65. The fraction of sp³-hybridized carbons (Fsp3) is 0.0385. The number of hydrazone groups is 1. The maximum atomic E-state index is 13.1. The number of halogens is 2. The van der Waals surface area contributed by atoms with Gasteiger partial charge in [0.2, 0.25) is 0 Å². The van der Waals surface area contributed by atoms with E-state index in [1.54, 1.807) is 6.07 Å². The minimum atomic E-state index is -0.345. The van der Waals surface area contributed by atoms with Crippen LogP contribution in [0.5, 0.6) is 5.75 Å². The van der Waals surface area contributed by atoms with Gasteiger partial charge in [0.15, 0.2) is 0 Å². The molecule has 162 valence electrons. The average Bonchev–Trinajstić information content (AvgIpc) is 2.83. The first-order valence-electron chi connectivity index (χ1n) is 9.90. The van der Waals surface area contributed by atoms with E-state index < -0.39 is 0 Å². The van der Waals surface area contributed by atoms with Crippen LogP contribution in [0.15, 0.2) is 86.8 Å². The summed E-state index contributed by atoms with van der Waals surface area (Å²) in [6.07, 6.45) is 6.83. The van der Waals surface area contributed by atoms with Crippen molar-refractivity contribution < 1.29 is 9.53 Å². The molecule has 0 aliphatic rings. The molecule has 3 aromatic carbocycles. The Hall–Kier alpha value is -3.47. The van der Waals surface area contributed by atoms with Gasteiger partial charge in [0.1, 0.15) is 12.4 Å². The van der Waals surface area contributed by atoms with E-state index in [9.17, 15) is 4.79 Å². The van der Waals surface area contributed by atoms with Crippen molar-refractivity contribution in [3.63, 3.8) is 0 Å². The van der Waals surface area contributed by atoms with E-state index in [0.717, 1.165) is 20.9 Å². The predicted molar refractivity (Wildman–Crippen MR) is 138 cm³/mol.